The van der Waals surface area contributed by atoms with Gasteiger partial charge in [0.05, 0.1) is 12.8 Å². The van der Waals surface area contributed by atoms with Gasteiger partial charge in [0.2, 0.25) is 11.8 Å². The molecule has 0 aliphatic rings. The molecule has 0 aliphatic heterocycles. The van der Waals surface area contributed by atoms with Crippen LogP contribution in [-0.4, -0.2) is 51.0 Å². The number of carbonyl (C=O) groups is 2. The highest BCUT2D eigenvalue weighted by Gasteiger charge is 2.36. The van der Waals surface area contributed by atoms with E-state index in [2.05, 4.69) is 10.6 Å². The summed E-state index contributed by atoms with van der Waals surface area (Å²) in [4.78, 5) is 26.8. The molecule has 1 aromatic carbocycles. The van der Waals surface area contributed by atoms with E-state index in [0.29, 0.717) is 18.0 Å². The lowest BCUT2D eigenvalue weighted by Crippen LogP contribution is -2.46. The molecule has 0 heterocycles. The molecule has 0 saturated heterocycles. The second kappa shape index (κ2) is 7.97. The Morgan fingerprint density at radius 2 is 1.87 bits per heavy atom. The number of methoxy groups -OCH3 is 1. The number of hydrogen-bond donors (Lipinski definition) is 2. The average molecular weight is 321 g/mol. The van der Waals surface area contributed by atoms with E-state index in [1.165, 1.54) is 0 Å². The Kier molecular flexibility index (Phi) is 6.57. The number of aryl methyl sites for hydroxylation is 1. The van der Waals surface area contributed by atoms with Crippen LogP contribution in [0.3, 0.4) is 0 Å². The Balaban J connectivity index is 2.79. The smallest absolute Gasteiger partial charge is 0.239 e. The second-order valence-corrected chi connectivity index (χ2v) is 6.34. The van der Waals surface area contributed by atoms with Crippen molar-refractivity contribution in [1.82, 2.24) is 10.2 Å². The van der Waals surface area contributed by atoms with Crippen LogP contribution in [0.25, 0.3) is 0 Å². The molecule has 128 valence electrons. The molecular formula is C17H27N3O3. The number of ether oxygens (including phenoxy) is 1. The maximum absolute atomic E-state index is 12.5. The van der Waals surface area contributed by atoms with Crippen molar-refractivity contribution in [2.24, 2.45) is 5.41 Å². The first-order valence-electron chi connectivity index (χ1n) is 7.57. The fourth-order valence-corrected chi connectivity index (χ4v) is 1.92. The molecule has 0 spiro atoms. The monoisotopic (exact) mass is 321 g/mol. The Morgan fingerprint density at radius 3 is 2.43 bits per heavy atom. The van der Waals surface area contributed by atoms with Crippen LogP contribution in [-0.2, 0) is 9.59 Å². The summed E-state index contributed by atoms with van der Waals surface area (Å²) >= 11 is 0. The third kappa shape index (κ3) is 5.25. The summed E-state index contributed by atoms with van der Waals surface area (Å²) in [5.74, 6) is -0.111. The van der Waals surface area contributed by atoms with Gasteiger partial charge >= 0.3 is 0 Å². The summed E-state index contributed by atoms with van der Waals surface area (Å²) in [7, 11) is 5.39. The predicted octanol–water partition coefficient (Wildman–Crippen LogP) is 1.65. The van der Waals surface area contributed by atoms with Crippen LogP contribution in [0.2, 0.25) is 0 Å². The van der Waals surface area contributed by atoms with Crippen LogP contribution in [0.4, 0.5) is 5.69 Å². The Bertz CT molecular complexity index is 568. The first kappa shape index (κ1) is 19.0. The quantitative estimate of drug-likeness (QED) is 0.749. The number of hydrogen-bond acceptors (Lipinski definition) is 4. The van der Waals surface area contributed by atoms with Gasteiger partial charge in [-0.2, -0.15) is 0 Å². The number of nitrogens with zero attached hydrogens (tertiary/aromatic N) is 1. The van der Waals surface area contributed by atoms with Crippen LogP contribution in [0.1, 0.15) is 19.4 Å². The molecule has 0 saturated carbocycles. The zero-order valence-corrected chi connectivity index (χ0v) is 14.8. The number of rotatable bonds is 7. The Hall–Kier alpha value is -2.08. The van der Waals surface area contributed by atoms with E-state index >= 15 is 0 Å². The molecule has 0 atom stereocenters. The molecule has 0 aromatic heterocycles. The molecule has 1 rings (SSSR count). The topological polar surface area (TPSA) is 70.7 Å². The third-order valence-corrected chi connectivity index (χ3v) is 3.58. The van der Waals surface area contributed by atoms with Crippen LogP contribution in [0, 0.1) is 12.3 Å². The molecule has 0 unspecified atom stereocenters. The van der Waals surface area contributed by atoms with E-state index in [1.807, 2.05) is 38.1 Å². The largest absolute Gasteiger partial charge is 0.495 e. The van der Waals surface area contributed by atoms with Crippen LogP contribution < -0.4 is 15.4 Å². The number of likely N-dealkylation sites (N-methyl/N-ethyl adjacent to an activating group) is 1. The number of benzene rings is 1. The molecule has 6 heteroatoms. The first-order valence-corrected chi connectivity index (χ1v) is 7.57. The van der Waals surface area contributed by atoms with Crippen molar-refractivity contribution >= 4 is 17.5 Å². The summed E-state index contributed by atoms with van der Waals surface area (Å²) in [6.45, 7) is 6.35. The molecule has 0 radical (unpaired) electrons. The van der Waals surface area contributed by atoms with Crippen LogP contribution in [0.15, 0.2) is 18.2 Å². The van der Waals surface area contributed by atoms with E-state index in [0.717, 1.165) is 12.1 Å². The van der Waals surface area contributed by atoms with Crippen molar-refractivity contribution in [1.29, 1.82) is 0 Å². The van der Waals surface area contributed by atoms with Crippen molar-refractivity contribution in [2.75, 3.05) is 39.6 Å². The lowest BCUT2D eigenvalue weighted by atomic mass is 9.91. The van der Waals surface area contributed by atoms with Crippen molar-refractivity contribution in [3.63, 3.8) is 0 Å². The Morgan fingerprint density at radius 1 is 1.22 bits per heavy atom. The molecule has 2 amide bonds. The van der Waals surface area contributed by atoms with Gasteiger partial charge in [-0.3, -0.25) is 9.59 Å². The molecule has 6 nitrogen and oxygen atoms in total. The summed E-state index contributed by atoms with van der Waals surface area (Å²) in [5.41, 5.74) is 0.377. The molecule has 0 bridgehead atoms. The molecule has 0 aliphatic carbocycles. The van der Waals surface area contributed by atoms with Gasteiger partial charge in [-0.25, -0.2) is 0 Å². The number of anilines is 1. The highest BCUT2D eigenvalue weighted by Crippen LogP contribution is 2.27. The highest BCUT2D eigenvalue weighted by molar-refractivity contribution is 6.10. The maximum atomic E-state index is 12.5. The summed E-state index contributed by atoms with van der Waals surface area (Å²) in [5, 5.41) is 5.58. The van der Waals surface area contributed by atoms with Gasteiger partial charge in [0.15, 0.2) is 0 Å². The third-order valence-electron chi connectivity index (χ3n) is 3.58. The normalized spacial score (nSPS) is 11.3. The summed E-state index contributed by atoms with van der Waals surface area (Å²) < 4.78 is 5.24. The molecular weight excluding hydrogens is 294 g/mol. The Labute approximate surface area is 138 Å². The van der Waals surface area contributed by atoms with Gasteiger partial charge in [0.25, 0.3) is 0 Å². The standard InChI is InChI=1S/C17H27N3O3/c1-12-7-8-14(23-6)13(11-12)19-16(22)17(2,3)15(21)18-9-10-20(4)5/h7-8,11H,9-10H2,1-6H3,(H,18,21)(H,19,22). The molecule has 2 N–H and O–H groups in total. The molecule has 1 aromatic rings. The minimum Gasteiger partial charge on any atom is -0.495 e. The fraction of sp³-hybridized carbons (Fsp3) is 0.529. The zero-order chi connectivity index (χ0) is 17.6. The van der Waals surface area contributed by atoms with Gasteiger partial charge in [-0.1, -0.05) is 6.07 Å². The summed E-state index contributed by atoms with van der Waals surface area (Å²) in [6, 6.07) is 5.50. The van der Waals surface area contributed by atoms with Crippen molar-refractivity contribution in [3.8, 4) is 5.75 Å². The number of carbonyl (C=O) groups excluding carboxylic acids is 2. The minimum atomic E-state index is -1.18. The van der Waals surface area contributed by atoms with Gasteiger partial charge in [-0.05, 0) is 52.6 Å². The van der Waals surface area contributed by atoms with Crippen molar-refractivity contribution < 1.29 is 14.3 Å². The van der Waals surface area contributed by atoms with Crippen molar-refractivity contribution in [3.05, 3.63) is 23.8 Å². The van der Waals surface area contributed by atoms with Gasteiger partial charge < -0.3 is 20.3 Å². The minimum absolute atomic E-state index is 0.302. The van der Waals surface area contributed by atoms with Gasteiger partial charge in [-0.15, -0.1) is 0 Å². The van der Waals surface area contributed by atoms with E-state index in [9.17, 15) is 9.59 Å². The average Bonchev–Trinajstić information content (AvgIpc) is 2.46. The van der Waals surface area contributed by atoms with E-state index in [-0.39, 0.29) is 11.8 Å². The number of nitrogens with one attached hydrogen (secondary N) is 2. The van der Waals surface area contributed by atoms with E-state index < -0.39 is 5.41 Å². The number of amides is 2. The molecule has 0 fully saturated rings. The maximum Gasteiger partial charge on any atom is 0.239 e. The van der Waals surface area contributed by atoms with Gasteiger partial charge in [0, 0.05) is 13.1 Å². The second-order valence-electron chi connectivity index (χ2n) is 6.34. The first-order chi connectivity index (χ1) is 10.7. The SMILES string of the molecule is COc1ccc(C)cc1NC(=O)C(C)(C)C(=O)NCCN(C)C. The van der Waals surface area contributed by atoms with Crippen LogP contribution >= 0.6 is 0 Å². The van der Waals surface area contributed by atoms with E-state index in [1.54, 1.807) is 27.0 Å². The predicted molar refractivity (Wildman–Crippen MR) is 91.7 cm³/mol. The van der Waals surface area contributed by atoms with Crippen LogP contribution in [0.5, 0.6) is 5.75 Å². The lowest BCUT2D eigenvalue weighted by molar-refractivity contribution is -0.138. The zero-order valence-electron chi connectivity index (χ0n) is 14.8. The van der Waals surface area contributed by atoms with E-state index in [4.69, 9.17) is 4.74 Å². The fourth-order valence-electron chi connectivity index (χ4n) is 1.92. The van der Waals surface area contributed by atoms with Crippen molar-refractivity contribution in [2.45, 2.75) is 20.8 Å². The lowest BCUT2D eigenvalue weighted by Gasteiger charge is -2.24. The highest BCUT2D eigenvalue weighted by atomic mass is 16.5. The van der Waals surface area contributed by atoms with Gasteiger partial charge in [0.1, 0.15) is 11.2 Å². The summed E-state index contributed by atoms with van der Waals surface area (Å²) in [6.07, 6.45) is 0. The molecule has 23 heavy (non-hydrogen) atoms.